The molecule has 3 aromatic carbocycles. The smallest absolute Gasteiger partial charge is 0.262 e. The van der Waals surface area contributed by atoms with Crippen molar-refractivity contribution >= 4 is 34.3 Å². The number of aromatic nitrogens is 1. The van der Waals surface area contributed by atoms with Gasteiger partial charge in [-0.15, -0.1) is 0 Å². The van der Waals surface area contributed by atoms with Crippen LogP contribution in [0.15, 0.2) is 59.0 Å². The Morgan fingerprint density at radius 1 is 1.07 bits per heavy atom. The van der Waals surface area contributed by atoms with E-state index in [1.165, 1.54) is 0 Å². The lowest BCUT2D eigenvalue weighted by atomic mass is 10.1. The van der Waals surface area contributed by atoms with Crippen molar-refractivity contribution in [2.75, 3.05) is 11.9 Å². The number of nitrogens with one attached hydrogen (secondary N) is 1. The number of rotatable bonds is 5. The Hall–Kier alpha value is -3.31. The molecule has 0 saturated heterocycles. The zero-order chi connectivity index (χ0) is 21.3. The van der Waals surface area contributed by atoms with Crippen LogP contribution in [0.5, 0.6) is 5.75 Å². The molecule has 0 aliphatic carbocycles. The third-order valence-electron chi connectivity index (χ3n) is 5.02. The summed E-state index contributed by atoms with van der Waals surface area (Å²) in [5.74, 6) is 0.940. The number of fused-ring (bicyclic) bond motifs is 1. The minimum absolute atomic E-state index is 0.0741. The lowest BCUT2D eigenvalue weighted by Gasteiger charge is -2.12. The van der Waals surface area contributed by atoms with Gasteiger partial charge in [0.2, 0.25) is 5.89 Å². The SMILES string of the molecule is Cc1ccc(-c2nc3cc(Cl)ccc3o2)cc1NC(=O)COc1cccc(C)c1C. The maximum Gasteiger partial charge on any atom is 0.262 e. The van der Waals surface area contributed by atoms with Crippen molar-refractivity contribution in [1.82, 2.24) is 4.98 Å². The summed E-state index contributed by atoms with van der Waals surface area (Å²) in [5.41, 5.74) is 5.86. The van der Waals surface area contributed by atoms with Crippen LogP contribution in [0.1, 0.15) is 16.7 Å². The summed E-state index contributed by atoms with van der Waals surface area (Å²) in [6.07, 6.45) is 0. The highest BCUT2D eigenvalue weighted by Crippen LogP contribution is 2.29. The molecule has 0 spiro atoms. The molecule has 4 rings (SSSR count). The summed E-state index contributed by atoms with van der Waals surface area (Å²) in [7, 11) is 0. The number of hydrogen-bond donors (Lipinski definition) is 1. The van der Waals surface area contributed by atoms with Crippen LogP contribution in [-0.4, -0.2) is 17.5 Å². The molecular weight excluding hydrogens is 400 g/mol. The molecule has 152 valence electrons. The maximum absolute atomic E-state index is 12.5. The first-order chi connectivity index (χ1) is 14.4. The minimum Gasteiger partial charge on any atom is -0.483 e. The lowest BCUT2D eigenvalue weighted by molar-refractivity contribution is -0.118. The summed E-state index contributed by atoms with van der Waals surface area (Å²) in [6, 6.07) is 16.8. The predicted molar refractivity (Wildman–Crippen MR) is 119 cm³/mol. The molecule has 30 heavy (non-hydrogen) atoms. The molecular formula is C24H21ClN2O3. The van der Waals surface area contributed by atoms with E-state index in [2.05, 4.69) is 10.3 Å². The Morgan fingerprint density at radius 2 is 1.90 bits per heavy atom. The van der Waals surface area contributed by atoms with Gasteiger partial charge in [-0.25, -0.2) is 4.98 Å². The first kappa shape index (κ1) is 20.0. The number of oxazole rings is 1. The Kier molecular flexibility index (Phi) is 5.46. The second kappa shape index (κ2) is 8.20. The fourth-order valence-corrected chi connectivity index (χ4v) is 3.29. The number of anilines is 1. The van der Waals surface area contributed by atoms with Gasteiger partial charge in [-0.1, -0.05) is 29.8 Å². The third-order valence-corrected chi connectivity index (χ3v) is 5.26. The minimum atomic E-state index is -0.236. The van der Waals surface area contributed by atoms with Gasteiger partial charge in [-0.2, -0.15) is 0 Å². The molecule has 1 heterocycles. The van der Waals surface area contributed by atoms with Crippen molar-refractivity contribution in [2.45, 2.75) is 20.8 Å². The molecule has 0 aliphatic rings. The zero-order valence-corrected chi connectivity index (χ0v) is 17.7. The Balaban J connectivity index is 1.51. The van der Waals surface area contributed by atoms with Gasteiger partial charge >= 0.3 is 0 Å². The Labute approximate surface area is 179 Å². The zero-order valence-electron chi connectivity index (χ0n) is 17.0. The van der Waals surface area contributed by atoms with Gasteiger partial charge in [0.05, 0.1) is 0 Å². The second-order valence-corrected chi connectivity index (χ2v) is 7.63. The number of carbonyl (C=O) groups excluding carboxylic acids is 1. The normalized spacial score (nSPS) is 10.9. The van der Waals surface area contributed by atoms with Crippen LogP contribution < -0.4 is 10.1 Å². The maximum atomic E-state index is 12.5. The van der Waals surface area contributed by atoms with Gasteiger partial charge in [0.25, 0.3) is 5.91 Å². The van der Waals surface area contributed by atoms with E-state index in [1.54, 1.807) is 18.2 Å². The highest BCUT2D eigenvalue weighted by molar-refractivity contribution is 6.31. The van der Waals surface area contributed by atoms with E-state index < -0.39 is 0 Å². The van der Waals surface area contributed by atoms with Gasteiger partial charge < -0.3 is 14.5 Å². The van der Waals surface area contributed by atoms with Crippen LogP contribution in [0.3, 0.4) is 0 Å². The molecule has 0 fully saturated rings. The molecule has 0 radical (unpaired) electrons. The quantitative estimate of drug-likeness (QED) is 0.424. The highest BCUT2D eigenvalue weighted by atomic mass is 35.5. The van der Waals surface area contributed by atoms with Crippen LogP contribution in [-0.2, 0) is 4.79 Å². The summed E-state index contributed by atoms with van der Waals surface area (Å²) < 4.78 is 11.5. The summed E-state index contributed by atoms with van der Waals surface area (Å²) in [4.78, 5) is 17.0. The van der Waals surface area contributed by atoms with E-state index in [4.69, 9.17) is 20.8 Å². The number of halogens is 1. The van der Waals surface area contributed by atoms with Crippen molar-refractivity contribution in [1.29, 1.82) is 0 Å². The standard InChI is InChI=1S/C24H21ClN2O3/c1-14-5-4-6-21(16(14)3)29-13-23(28)26-19-11-17(8-7-15(19)2)24-27-20-12-18(25)9-10-22(20)30-24/h4-12H,13H2,1-3H3,(H,26,28). The molecule has 0 atom stereocenters. The van der Waals surface area contributed by atoms with Crippen molar-refractivity contribution < 1.29 is 13.9 Å². The Morgan fingerprint density at radius 3 is 2.73 bits per heavy atom. The van der Waals surface area contributed by atoms with Crippen LogP contribution in [0.4, 0.5) is 5.69 Å². The molecule has 0 unspecified atom stereocenters. The van der Waals surface area contributed by atoms with Crippen molar-refractivity contribution in [3.05, 3.63) is 76.3 Å². The second-order valence-electron chi connectivity index (χ2n) is 7.20. The van der Waals surface area contributed by atoms with Gasteiger partial charge in [-0.3, -0.25) is 4.79 Å². The van der Waals surface area contributed by atoms with E-state index in [0.717, 1.165) is 22.3 Å². The van der Waals surface area contributed by atoms with Gasteiger partial charge in [-0.05, 0) is 73.9 Å². The van der Waals surface area contributed by atoms with Crippen LogP contribution in [0.2, 0.25) is 5.02 Å². The molecule has 4 aromatic rings. The summed E-state index contributed by atoms with van der Waals surface area (Å²) in [5, 5.41) is 3.51. The van der Waals surface area contributed by atoms with Gasteiger partial charge in [0, 0.05) is 16.3 Å². The highest BCUT2D eigenvalue weighted by Gasteiger charge is 2.13. The molecule has 1 N–H and O–H groups in total. The number of nitrogens with zero attached hydrogens (tertiary/aromatic N) is 1. The predicted octanol–water partition coefficient (Wildman–Crippen LogP) is 6.09. The number of hydrogen-bond acceptors (Lipinski definition) is 4. The molecule has 5 nitrogen and oxygen atoms in total. The number of benzene rings is 3. The lowest BCUT2D eigenvalue weighted by Crippen LogP contribution is -2.21. The first-order valence-electron chi connectivity index (χ1n) is 9.57. The number of carbonyl (C=O) groups is 1. The molecule has 0 saturated carbocycles. The number of amides is 1. The molecule has 1 amide bonds. The average Bonchev–Trinajstić information content (AvgIpc) is 3.14. The first-order valence-corrected chi connectivity index (χ1v) is 9.94. The number of aryl methyl sites for hydroxylation is 2. The number of ether oxygens (including phenoxy) is 1. The molecule has 0 bridgehead atoms. The van der Waals surface area contributed by atoms with Crippen LogP contribution >= 0.6 is 11.6 Å². The fourth-order valence-electron chi connectivity index (χ4n) is 3.12. The molecule has 0 aliphatic heterocycles. The van der Waals surface area contributed by atoms with E-state index in [9.17, 15) is 4.79 Å². The largest absolute Gasteiger partial charge is 0.483 e. The Bertz CT molecular complexity index is 1250. The van der Waals surface area contributed by atoms with Crippen LogP contribution in [0, 0.1) is 20.8 Å². The molecule has 1 aromatic heterocycles. The van der Waals surface area contributed by atoms with E-state index in [-0.39, 0.29) is 12.5 Å². The van der Waals surface area contributed by atoms with Crippen molar-refractivity contribution in [2.24, 2.45) is 0 Å². The van der Waals surface area contributed by atoms with Crippen LogP contribution in [0.25, 0.3) is 22.6 Å². The van der Waals surface area contributed by atoms with Gasteiger partial charge in [0.15, 0.2) is 12.2 Å². The topological polar surface area (TPSA) is 64.4 Å². The van der Waals surface area contributed by atoms with Crippen molar-refractivity contribution in [3.63, 3.8) is 0 Å². The van der Waals surface area contributed by atoms with E-state index >= 15 is 0 Å². The summed E-state index contributed by atoms with van der Waals surface area (Å²) in [6.45, 7) is 5.84. The van der Waals surface area contributed by atoms with Gasteiger partial charge in [0.1, 0.15) is 11.3 Å². The van der Waals surface area contributed by atoms with E-state index in [0.29, 0.717) is 33.4 Å². The fraction of sp³-hybridized carbons (Fsp3) is 0.167. The monoisotopic (exact) mass is 420 g/mol. The van der Waals surface area contributed by atoms with E-state index in [1.807, 2.05) is 57.2 Å². The third kappa shape index (κ3) is 4.16. The average molecular weight is 421 g/mol. The van der Waals surface area contributed by atoms with Crippen molar-refractivity contribution in [3.8, 4) is 17.2 Å². The molecule has 6 heteroatoms. The summed E-state index contributed by atoms with van der Waals surface area (Å²) >= 11 is 6.03.